The predicted octanol–water partition coefficient (Wildman–Crippen LogP) is 1.86. The van der Waals surface area contributed by atoms with E-state index in [-0.39, 0.29) is 0 Å². The summed E-state index contributed by atoms with van der Waals surface area (Å²) in [6.45, 7) is 0. The van der Waals surface area contributed by atoms with E-state index in [2.05, 4.69) is 5.32 Å². The monoisotopic (exact) mass is 191 g/mol. The molecular weight excluding hydrogens is 183 g/mol. The van der Waals surface area contributed by atoms with Gasteiger partial charge in [0.05, 0.1) is 5.69 Å². The molecule has 0 aromatic carbocycles. The smallest absolute Gasteiger partial charge is 0.189 e. The number of pyridine rings is 1. The highest BCUT2D eigenvalue weighted by molar-refractivity contribution is 6.38. The fourth-order valence-electron chi connectivity index (χ4n) is 0.877. The van der Waals surface area contributed by atoms with Crippen LogP contribution < -0.4 is 9.88 Å². The molecule has 0 bridgehead atoms. The molecule has 1 aromatic rings. The van der Waals surface area contributed by atoms with Gasteiger partial charge in [0.2, 0.25) is 0 Å². The molecule has 0 unspecified atom stereocenters. The second-order valence-electron chi connectivity index (χ2n) is 2.24. The van der Waals surface area contributed by atoms with Crippen LogP contribution >= 0.6 is 23.2 Å². The molecule has 0 radical (unpaired) electrons. The van der Waals surface area contributed by atoms with E-state index in [0.717, 1.165) is 5.69 Å². The van der Waals surface area contributed by atoms with Gasteiger partial charge in [-0.05, 0) is 0 Å². The Balaban J connectivity index is 3.25. The fourth-order valence-corrected chi connectivity index (χ4v) is 1.63. The summed E-state index contributed by atoms with van der Waals surface area (Å²) in [4.78, 5) is 0. The topological polar surface area (TPSA) is 15.9 Å². The lowest BCUT2D eigenvalue weighted by atomic mass is 10.4. The zero-order chi connectivity index (χ0) is 8.43. The highest BCUT2D eigenvalue weighted by atomic mass is 35.5. The number of aryl methyl sites for hydroxylation is 1. The maximum atomic E-state index is 5.87. The molecule has 0 aliphatic rings. The number of nitrogens with one attached hydrogen (secondary N) is 1. The normalized spacial score (nSPS) is 9.82. The Kier molecular flexibility index (Phi) is 2.58. The van der Waals surface area contributed by atoms with Gasteiger partial charge < -0.3 is 5.32 Å². The second kappa shape index (κ2) is 3.28. The molecule has 0 atom stereocenters. The van der Waals surface area contributed by atoms with E-state index in [4.69, 9.17) is 23.2 Å². The van der Waals surface area contributed by atoms with Crippen LogP contribution in [-0.2, 0) is 7.05 Å². The highest BCUT2D eigenvalue weighted by Gasteiger charge is 2.08. The number of rotatable bonds is 1. The van der Waals surface area contributed by atoms with Crippen LogP contribution in [0.25, 0.3) is 0 Å². The van der Waals surface area contributed by atoms with Crippen molar-refractivity contribution < 1.29 is 4.57 Å². The number of hydrogen-bond donors (Lipinski definition) is 1. The molecule has 2 nitrogen and oxygen atoms in total. The van der Waals surface area contributed by atoms with E-state index in [9.17, 15) is 0 Å². The Hall–Kier alpha value is -0.470. The summed E-state index contributed by atoms with van der Waals surface area (Å²) < 4.78 is 1.81. The quantitative estimate of drug-likeness (QED) is 0.671. The Bertz CT molecular complexity index is 250. The first-order valence-electron chi connectivity index (χ1n) is 3.17. The molecule has 0 aliphatic heterocycles. The van der Waals surface area contributed by atoms with Crippen molar-refractivity contribution in [2.45, 2.75) is 0 Å². The summed E-state index contributed by atoms with van der Waals surface area (Å²) >= 11 is 11.7. The molecule has 0 aliphatic carbocycles. The van der Waals surface area contributed by atoms with Crippen LogP contribution in [0, 0.1) is 0 Å². The largest absolute Gasteiger partial charge is 0.385 e. The minimum atomic E-state index is 0.627. The van der Waals surface area contributed by atoms with E-state index in [1.54, 1.807) is 19.4 Å². The average Bonchev–Trinajstić information content (AvgIpc) is 1.85. The third-order valence-corrected chi connectivity index (χ3v) is 1.93. The van der Waals surface area contributed by atoms with Crippen molar-refractivity contribution >= 4 is 28.9 Å². The molecule has 0 fully saturated rings. The van der Waals surface area contributed by atoms with Gasteiger partial charge in [-0.25, -0.2) is 4.57 Å². The number of nitrogens with zero attached hydrogens (tertiary/aromatic N) is 1. The standard InChI is InChI=1S/C7H8Cl2N2/c1-10-7-5(8)3-11(2)4-6(7)9/h3-4H,1-2H3/p+1. The van der Waals surface area contributed by atoms with Crippen LogP contribution in [-0.4, -0.2) is 7.05 Å². The minimum absolute atomic E-state index is 0.627. The van der Waals surface area contributed by atoms with Gasteiger partial charge >= 0.3 is 0 Å². The molecule has 0 amide bonds. The van der Waals surface area contributed by atoms with Crippen molar-refractivity contribution in [3.63, 3.8) is 0 Å². The molecule has 4 heteroatoms. The first-order valence-corrected chi connectivity index (χ1v) is 3.92. The van der Waals surface area contributed by atoms with Crippen LogP contribution in [0.1, 0.15) is 0 Å². The third-order valence-electron chi connectivity index (χ3n) is 1.36. The van der Waals surface area contributed by atoms with Crippen molar-refractivity contribution in [1.82, 2.24) is 0 Å². The Labute approximate surface area is 75.7 Å². The molecule has 11 heavy (non-hydrogen) atoms. The van der Waals surface area contributed by atoms with Gasteiger partial charge in [-0.2, -0.15) is 0 Å². The lowest BCUT2D eigenvalue weighted by Crippen LogP contribution is -2.26. The summed E-state index contributed by atoms with van der Waals surface area (Å²) in [7, 11) is 3.66. The highest BCUT2D eigenvalue weighted by Crippen LogP contribution is 2.26. The van der Waals surface area contributed by atoms with Crippen LogP contribution in [0.15, 0.2) is 12.4 Å². The zero-order valence-electron chi connectivity index (χ0n) is 6.36. The first-order chi connectivity index (χ1) is 5.15. The Morgan fingerprint density at radius 1 is 1.27 bits per heavy atom. The van der Waals surface area contributed by atoms with E-state index >= 15 is 0 Å². The van der Waals surface area contributed by atoms with Crippen molar-refractivity contribution in [3.05, 3.63) is 22.4 Å². The molecular formula is C7H9Cl2N2+. The number of halogens is 2. The molecule has 1 rings (SSSR count). The molecule has 0 spiro atoms. The lowest BCUT2D eigenvalue weighted by Gasteiger charge is -2.02. The molecule has 1 N–H and O–H groups in total. The third kappa shape index (κ3) is 1.76. The van der Waals surface area contributed by atoms with Gasteiger partial charge in [0.25, 0.3) is 0 Å². The summed E-state index contributed by atoms with van der Waals surface area (Å²) in [6, 6.07) is 0. The zero-order valence-corrected chi connectivity index (χ0v) is 7.87. The lowest BCUT2D eigenvalue weighted by molar-refractivity contribution is -0.671. The van der Waals surface area contributed by atoms with Crippen molar-refractivity contribution in [3.8, 4) is 0 Å². The molecule has 0 saturated heterocycles. The Morgan fingerprint density at radius 2 is 1.73 bits per heavy atom. The Morgan fingerprint density at radius 3 is 2.09 bits per heavy atom. The minimum Gasteiger partial charge on any atom is -0.385 e. The maximum absolute atomic E-state index is 5.87. The van der Waals surface area contributed by atoms with Gasteiger partial charge in [-0.3, -0.25) is 0 Å². The van der Waals surface area contributed by atoms with E-state index in [1.165, 1.54) is 0 Å². The summed E-state index contributed by atoms with van der Waals surface area (Å²) in [6.07, 6.45) is 3.58. The average molecular weight is 192 g/mol. The van der Waals surface area contributed by atoms with Gasteiger partial charge in [-0.1, -0.05) is 23.2 Å². The van der Waals surface area contributed by atoms with Crippen molar-refractivity contribution in [1.29, 1.82) is 0 Å². The van der Waals surface area contributed by atoms with E-state index in [0.29, 0.717) is 10.0 Å². The van der Waals surface area contributed by atoms with Gasteiger partial charge in [0.15, 0.2) is 12.4 Å². The molecule has 1 aromatic heterocycles. The SMILES string of the molecule is CNc1c(Cl)c[n+](C)cc1Cl. The van der Waals surface area contributed by atoms with Gasteiger partial charge in [-0.15, -0.1) is 0 Å². The fraction of sp³-hybridized carbons (Fsp3) is 0.286. The van der Waals surface area contributed by atoms with Crippen molar-refractivity contribution in [2.24, 2.45) is 7.05 Å². The van der Waals surface area contributed by atoms with E-state index in [1.807, 2.05) is 11.6 Å². The number of aromatic nitrogens is 1. The second-order valence-corrected chi connectivity index (χ2v) is 3.06. The number of anilines is 1. The summed E-state index contributed by atoms with van der Waals surface area (Å²) in [5.74, 6) is 0. The molecule has 0 saturated carbocycles. The van der Waals surface area contributed by atoms with Gasteiger partial charge in [0.1, 0.15) is 17.1 Å². The molecule has 1 heterocycles. The predicted molar refractivity (Wildman–Crippen MR) is 47.2 cm³/mol. The van der Waals surface area contributed by atoms with Crippen LogP contribution in [0.4, 0.5) is 5.69 Å². The number of hydrogen-bond acceptors (Lipinski definition) is 1. The van der Waals surface area contributed by atoms with Crippen LogP contribution in [0.3, 0.4) is 0 Å². The maximum Gasteiger partial charge on any atom is 0.189 e. The van der Waals surface area contributed by atoms with Crippen LogP contribution in [0.2, 0.25) is 10.0 Å². The molecule has 60 valence electrons. The first kappa shape index (κ1) is 8.62. The summed E-state index contributed by atoms with van der Waals surface area (Å²) in [5.41, 5.74) is 0.770. The van der Waals surface area contributed by atoms with Gasteiger partial charge in [0, 0.05) is 7.05 Å². The van der Waals surface area contributed by atoms with Crippen LogP contribution in [0.5, 0.6) is 0 Å². The van der Waals surface area contributed by atoms with Crippen molar-refractivity contribution in [2.75, 3.05) is 12.4 Å². The van der Waals surface area contributed by atoms with E-state index < -0.39 is 0 Å². The summed E-state index contributed by atoms with van der Waals surface area (Å²) in [5, 5.41) is 4.17.